The third-order valence-corrected chi connectivity index (χ3v) is 2.39. The van der Waals surface area contributed by atoms with E-state index in [4.69, 9.17) is 0 Å². The Morgan fingerprint density at radius 1 is 1.27 bits per heavy atom. The van der Waals surface area contributed by atoms with Crippen LogP contribution in [0, 0.1) is 22.0 Å². The van der Waals surface area contributed by atoms with Crippen molar-refractivity contribution in [1.29, 1.82) is 0 Å². The number of nitro groups is 1. The summed E-state index contributed by atoms with van der Waals surface area (Å²) in [6.07, 6.45) is 8.70. The topological polar surface area (TPSA) is 43.1 Å². The van der Waals surface area contributed by atoms with E-state index in [1.807, 2.05) is 12.2 Å². The van der Waals surface area contributed by atoms with Crippen LogP contribution in [0.2, 0.25) is 0 Å². The van der Waals surface area contributed by atoms with Crippen LogP contribution in [0.1, 0.15) is 6.42 Å². The van der Waals surface area contributed by atoms with Crippen LogP contribution in [-0.2, 0) is 0 Å². The summed E-state index contributed by atoms with van der Waals surface area (Å²) in [7, 11) is 0. The Kier molecular flexibility index (Phi) is 1.31. The minimum absolute atomic E-state index is 0.0509. The Bertz CT molecular complexity index is 230. The zero-order valence-corrected chi connectivity index (χ0v) is 6.01. The Morgan fingerprint density at radius 2 is 1.91 bits per heavy atom. The summed E-state index contributed by atoms with van der Waals surface area (Å²) >= 11 is 0. The molecule has 0 amide bonds. The van der Waals surface area contributed by atoms with Crippen molar-refractivity contribution in [3.63, 3.8) is 0 Å². The zero-order valence-electron chi connectivity index (χ0n) is 6.01. The third kappa shape index (κ3) is 0.964. The van der Waals surface area contributed by atoms with Crippen molar-refractivity contribution in [3.8, 4) is 0 Å². The molecule has 0 fully saturated rings. The Balaban J connectivity index is 2.24. The lowest BCUT2D eigenvalue weighted by Crippen LogP contribution is -2.34. The van der Waals surface area contributed by atoms with E-state index in [1.54, 1.807) is 0 Å². The van der Waals surface area contributed by atoms with Gasteiger partial charge in [-0.3, -0.25) is 10.1 Å². The molecule has 3 aliphatic rings. The van der Waals surface area contributed by atoms with Crippen LogP contribution in [0.15, 0.2) is 24.3 Å². The van der Waals surface area contributed by atoms with Crippen LogP contribution in [0.3, 0.4) is 0 Å². The maximum Gasteiger partial charge on any atom is 0.223 e. The van der Waals surface area contributed by atoms with E-state index < -0.39 is 0 Å². The van der Waals surface area contributed by atoms with Crippen molar-refractivity contribution in [1.82, 2.24) is 0 Å². The number of hydrogen-bond donors (Lipinski definition) is 0. The average molecular weight is 151 g/mol. The summed E-state index contributed by atoms with van der Waals surface area (Å²) in [5, 5.41) is 10.5. The van der Waals surface area contributed by atoms with Crippen molar-refractivity contribution in [3.05, 3.63) is 34.4 Å². The molecule has 0 aromatic rings. The summed E-state index contributed by atoms with van der Waals surface area (Å²) in [4.78, 5) is 10.3. The lowest BCUT2D eigenvalue weighted by atomic mass is 9.78. The van der Waals surface area contributed by atoms with Gasteiger partial charge in [0.2, 0.25) is 6.04 Å². The van der Waals surface area contributed by atoms with Crippen molar-refractivity contribution in [2.45, 2.75) is 12.5 Å². The molecule has 3 heteroatoms. The van der Waals surface area contributed by atoms with Gasteiger partial charge in [0.1, 0.15) is 0 Å². The molecular formula is C8H9NO2. The smallest absolute Gasteiger partial charge is 0.223 e. The summed E-state index contributed by atoms with van der Waals surface area (Å²) in [6.45, 7) is 0. The van der Waals surface area contributed by atoms with Gasteiger partial charge in [-0.2, -0.15) is 0 Å². The predicted octanol–water partition coefficient (Wildman–Crippen LogP) is 1.39. The molecule has 0 heterocycles. The molecule has 0 spiro atoms. The van der Waals surface area contributed by atoms with Gasteiger partial charge in [-0.05, 0) is 0 Å². The molecule has 0 saturated carbocycles. The first-order valence-corrected chi connectivity index (χ1v) is 3.77. The van der Waals surface area contributed by atoms with Gasteiger partial charge in [0.25, 0.3) is 0 Å². The summed E-state index contributed by atoms with van der Waals surface area (Å²) in [5.74, 6) is 0.366. The number of hydrogen-bond acceptors (Lipinski definition) is 2. The third-order valence-electron chi connectivity index (χ3n) is 2.39. The molecular weight excluding hydrogens is 142 g/mol. The van der Waals surface area contributed by atoms with Crippen molar-refractivity contribution < 1.29 is 4.92 Å². The van der Waals surface area contributed by atoms with Gasteiger partial charge >= 0.3 is 0 Å². The molecule has 1 unspecified atom stereocenters. The molecule has 3 rings (SSSR count). The van der Waals surface area contributed by atoms with Gasteiger partial charge in [0, 0.05) is 17.3 Å². The van der Waals surface area contributed by atoms with E-state index in [-0.39, 0.29) is 16.9 Å². The fourth-order valence-corrected chi connectivity index (χ4v) is 1.75. The number of allylic oxidation sites excluding steroid dienone is 2. The second-order valence-electron chi connectivity index (χ2n) is 3.10. The van der Waals surface area contributed by atoms with Crippen LogP contribution in [-0.4, -0.2) is 11.0 Å². The fourth-order valence-electron chi connectivity index (χ4n) is 1.75. The molecule has 0 radical (unpaired) electrons. The SMILES string of the molecule is O=[N+]([O-])C1CC2C=CC1C=C2. The van der Waals surface area contributed by atoms with Gasteiger partial charge in [-0.1, -0.05) is 24.3 Å². The van der Waals surface area contributed by atoms with Crippen LogP contribution in [0.5, 0.6) is 0 Å². The van der Waals surface area contributed by atoms with Crippen LogP contribution in [0.4, 0.5) is 0 Å². The largest absolute Gasteiger partial charge is 0.264 e. The highest BCUT2D eigenvalue weighted by Gasteiger charge is 2.35. The van der Waals surface area contributed by atoms with Gasteiger partial charge in [-0.15, -0.1) is 0 Å². The summed E-state index contributed by atoms with van der Waals surface area (Å²) in [5.41, 5.74) is 0. The lowest BCUT2D eigenvalue weighted by molar-refractivity contribution is -0.530. The molecule has 0 aromatic carbocycles. The lowest BCUT2D eigenvalue weighted by Gasteiger charge is -2.27. The highest BCUT2D eigenvalue weighted by molar-refractivity contribution is 5.20. The number of fused-ring (bicyclic) bond motifs is 1. The monoisotopic (exact) mass is 151 g/mol. The Hall–Kier alpha value is -1.12. The molecule has 2 bridgehead atoms. The summed E-state index contributed by atoms with van der Waals surface area (Å²) in [6, 6.07) is -0.366. The quantitative estimate of drug-likeness (QED) is 0.323. The normalized spacial score (nSPS) is 39.5. The van der Waals surface area contributed by atoms with E-state index in [0.717, 1.165) is 0 Å². The highest BCUT2D eigenvalue weighted by Crippen LogP contribution is 2.31. The minimum atomic E-state index is -0.366. The minimum Gasteiger partial charge on any atom is -0.264 e. The molecule has 0 saturated heterocycles. The van der Waals surface area contributed by atoms with Crippen LogP contribution >= 0.6 is 0 Å². The Morgan fingerprint density at radius 3 is 2.18 bits per heavy atom. The second-order valence-corrected chi connectivity index (χ2v) is 3.10. The summed E-state index contributed by atoms with van der Waals surface area (Å²) < 4.78 is 0. The standard InChI is InChI=1S/C8H9NO2/c10-9(11)8-5-6-1-3-7(8)4-2-6/h1-4,6-8H,5H2. The maximum atomic E-state index is 10.5. The molecule has 58 valence electrons. The maximum absolute atomic E-state index is 10.5. The predicted molar refractivity (Wildman–Crippen MR) is 40.7 cm³/mol. The molecule has 1 atom stereocenters. The Labute approximate surface area is 64.6 Å². The molecule has 3 nitrogen and oxygen atoms in total. The molecule has 11 heavy (non-hydrogen) atoms. The van der Waals surface area contributed by atoms with Gasteiger partial charge in [0.15, 0.2) is 0 Å². The van der Waals surface area contributed by atoms with E-state index in [1.165, 1.54) is 0 Å². The molecule has 0 aromatic heterocycles. The van der Waals surface area contributed by atoms with E-state index in [2.05, 4.69) is 12.2 Å². The molecule has 3 aliphatic carbocycles. The van der Waals surface area contributed by atoms with Crippen molar-refractivity contribution >= 4 is 0 Å². The van der Waals surface area contributed by atoms with E-state index in [0.29, 0.717) is 12.3 Å². The first-order chi connectivity index (χ1) is 5.27. The number of rotatable bonds is 1. The van der Waals surface area contributed by atoms with Gasteiger partial charge < -0.3 is 0 Å². The zero-order chi connectivity index (χ0) is 7.84. The highest BCUT2D eigenvalue weighted by atomic mass is 16.6. The van der Waals surface area contributed by atoms with Gasteiger partial charge in [-0.25, -0.2) is 0 Å². The van der Waals surface area contributed by atoms with E-state index in [9.17, 15) is 10.1 Å². The van der Waals surface area contributed by atoms with Crippen molar-refractivity contribution in [2.24, 2.45) is 11.8 Å². The van der Waals surface area contributed by atoms with Crippen LogP contribution in [0.25, 0.3) is 0 Å². The second kappa shape index (κ2) is 2.19. The van der Waals surface area contributed by atoms with Gasteiger partial charge in [0.05, 0.1) is 5.92 Å². The molecule has 0 aliphatic heterocycles. The number of nitrogens with zero attached hydrogens (tertiary/aromatic N) is 1. The van der Waals surface area contributed by atoms with E-state index >= 15 is 0 Å². The van der Waals surface area contributed by atoms with Crippen molar-refractivity contribution in [2.75, 3.05) is 0 Å². The first kappa shape index (κ1) is 6.58. The fraction of sp³-hybridized carbons (Fsp3) is 0.500. The average Bonchev–Trinajstić information content (AvgIpc) is 2.06. The molecule has 0 N–H and O–H groups in total. The first-order valence-electron chi connectivity index (χ1n) is 3.77. The van der Waals surface area contributed by atoms with Crippen LogP contribution < -0.4 is 0 Å².